The van der Waals surface area contributed by atoms with Crippen LogP contribution in [0.25, 0.3) is 0 Å². The first kappa shape index (κ1) is 19.2. The number of ether oxygens (including phenoxy) is 1. The van der Waals surface area contributed by atoms with E-state index < -0.39 is 0 Å². The Kier molecular flexibility index (Phi) is 8.81. The molecule has 0 amide bonds. The fourth-order valence-corrected chi connectivity index (χ4v) is 3.23. The first-order chi connectivity index (χ1) is 10.2. The SMILES string of the molecule is CN=C(NCc1cccc(OC)c1)NCc1ccc(Br)s1.I. The normalized spacial score (nSPS) is 10.8. The van der Waals surface area contributed by atoms with Crippen molar-refractivity contribution in [3.05, 3.63) is 50.6 Å². The Morgan fingerprint density at radius 1 is 1.23 bits per heavy atom. The lowest BCUT2D eigenvalue weighted by molar-refractivity contribution is 0.414. The second-order valence-corrected chi connectivity index (χ2v) is 6.88. The van der Waals surface area contributed by atoms with Gasteiger partial charge in [0.05, 0.1) is 17.4 Å². The van der Waals surface area contributed by atoms with Crippen molar-refractivity contribution >= 4 is 57.2 Å². The standard InChI is InChI=1S/C15H18BrN3OS.HI/c1-17-15(19-10-13-6-7-14(16)21-13)18-9-11-4-3-5-12(8-11)20-2;/h3-8H,9-10H2,1-2H3,(H2,17,18,19);1H. The maximum Gasteiger partial charge on any atom is 0.191 e. The predicted octanol–water partition coefficient (Wildman–Crippen LogP) is 4.00. The summed E-state index contributed by atoms with van der Waals surface area (Å²) in [6.45, 7) is 1.46. The molecule has 4 nitrogen and oxygen atoms in total. The average Bonchev–Trinajstić information content (AvgIpc) is 2.93. The Bertz CT molecular complexity index is 618. The molecule has 0 unspecified atom stereocenters. The molecular weight excluding hydrogens is 477 g/mol. The van der Waals surface area contributed by atoms with Crippen molar-refractivity contribution in [2.45, 2.75) is 13.1 Å². The van der Waals surface area contributed by atoms with Crippen molar-refractivity contribution in [2.24, 2.45) is 4.99 Å². The third kappa shape index (κ3) is 6.13. The molecule has 2 aromatic rings. The smallest absolute Gasteiger partial charge is 0.191 e. The summed E-state index contributed by atoms with van der Waals surface area (Å²) in [6, 6.07) is 12.1. The topological polar surface area (TPSA) is 45.7 Å². The van der Waals surface area contributed by atoms with Crippen LogP contribution in [0.1, 0.15) is 10.4 Å². The summed E-state index contributed by atoms with van der Waals surface area (Å²) in [5.41, 5.74) is 1.15. The minimum absolute atomic E-state index is 0. The van der Waals surface area contributed by atoms with E-state index in [-0.39, 0.29) is 24.0 Å². The number of thiophene rings is 1. The van der Waals surface area contributed by atoms with Gasteiger partial charge in [0.1, 0.15) is 5.75 Å². The van der Waals surface area contributed by atoms with Gasteiger partial charge in [-0.2, -0.15) is 0 Å². The van der Waals surface area contributed by atoms with Crippen LogP contribution in [0.5, 0.6) is 5.75 Å². The number of hydrogen-bond acceptors (Lipinski definition) is 3. The largest absolute Gasteiger partial charge is 0.497 e. The maximum atomic E-state index is 5.22. The highest BCUT2D eigenvalue weighted by molar-refractivity contribution is 14.0. The van der Waals surface area contributed by atoms with Gasteiger partial charge >= 0.3 is 0 Å². The fourth-order valence-electron chi connectivity index (χ4n) is 1.81. The number of nitrogens with one attached hydrogen (secondary N) is 2. The highest BCUT2D eigenvalue weighted by Gasteiger charge is 2.02. The minimum Gasteiger partial charge on any atom is -0.497 e. The molecule has 120 valence electrons. The molecule has 0 atom stereocenters. The van der Waals surface area contributed by atoms with Gasteiger partial charge in [0.2, 0.25) is 0 Å². The molecule has 0 saturated carbocycles. The summed E-state index contributed by atoms with van der Waals surface area (Å²) in [6.07, 6.45) is 0. The zero-order valence-electron chi connectivity index (χ0n) is 12.4. The molecule has 0 saturated heterocycles. The number of methoxy groups -OCH3 is 1. The van der Waals surface area contributed by atoms with Crippen molar-refractivity contribution in [3.8, 4) is 5.75 Å². The van der Waals surface area contributed by atoms with Crippen molar-refractivity contribution in [3.63, 3.8) is 0 Å². The maximum absolute atomic E-state index is 5.22. The lowest BCUT2D eigenvalue weighted by Crippen LogP contribution is -2.36. The molecule has 2 rings (SSSR count). The Morgan fingerprint density at radius 2 is 2.00 bits per heavy atom. The first-order valence-electron chi connectivity index (χ1n) is 6.53. The molecule has 1 aromatic carbocycles. The van der Waals surface area contributed by atoms with Crippen LogP contribution < -0.4 is 15.4 Å². The van der Waals surface area contributed by atoms with E-state index in [1.807, 2.05) is 24.3 Å². The van der Waals surface area contributed by atoms with Gasteiger partial charge in [-0.15, -0.1) is 35.3 Å². The van der Waals surface area contributed by atoms with Gasteiger partial charge in [0.25, 0.3) is 0 Å². The van der Waals surface area contributed by atoms with Gasteiger partial charge in [0, 0.05) is 18.5 Å². The second kappa shape index (κ2) is 10.1. The van der Waals surface area contributed by atoms with E-state index in [2.05, 4.69) is 43.7 Å². The third-order valence-corrected chi connectivity index (χ3v) is 4.50. The van der Waals surface area contributed by atoms with Gasteiger partial charge in [-0.25, -0.2) is 0 Å². The molecule has 0 fully saturated rings. The number of halogens is 2. The molecular formula is C15H19BrIN3OS. The van der Waals surface area contributed by atoms with Crippen molar-refractivity contribution in [2.75, 3.05) is 14.2 Å². The van der Waals surface area contributed by atoms with Crippen LogP contribution in [-0.4, -0.2) is 20.1 Å². The van der Waals surface area contributed by atoms with Crippen LogP contribution in [0.4, 0.5) is 0 Å². The van der Waals surface area contributed by atoms with Crippen LogP contribution in [-0.2, 0) is 13.1 Å². The minimum atomic E-state index is 0. The Morgan fingerprint density at radius 3 is 2.64 bits per heavy atom. The van der Waals surface area contributed by atoms with E-state index in [1.54, 1.807) is 25.5 Å². The van der Waals surface area contributed by atoms with E-state index >= 15 is 0 Å². The average molecular weight is 496 g/mol. The highest BCUT2D eigenvalue weighted by Crippen LogP contribution is 2.21. The lowest BCUT2D eigenvalue weighted by Gasteiger charge is -2.11. The summed E-state index contributed by atoms with van der Waals surface area (Å²) in [5, 5.41) is 6.59. The van der Waals surface area contributed by atoms with Gasteiger partial charge in [-0.1, -0.05) is 12.1 Å². The summed E-state index contributed by atoms with van der Waals surface area (Å²) in [5.74, 6) is 1.64. The summed E-state index contributed by atoms with van der Waals surface area (Å²) in [4.78, 5) is 5.48. The second-order valence-electron chi connectivity index (χ2n) is 4.34. The fraction of sp³-hybridized carbons (Fsp3) is 0.267. The van der Waals surface area contributed by atoms with Crippen LogP contribution in [0.2, 0.25) is 0 Å². The molecule has 1 aromatic heterocycles. The predicted molar refractivity (Wildman–Crippen MR) is 107 cm³/mol. The zero-order chi connectivity index (χ0) is 15.1. The van der Waals surface area contributed by atoms with Gasteiger partial charge in [-0.3, -0.25) is 4.99 Å². The zero-order valence-corrected chi connectivity index (χ0v) is 17.2. The van der Waals surface area contributed by atoms with Crippen molar-refractivity contribution < 1.29 is 4.74 Å². The number of guanidine groups is 1. The Labute approximate surface area is 160 Å². The number of rotatable bonds is 5. The number of aliphatic imine (C=N–C) groups is 1. The van der Waals surface area contributed by atoms with Crippen LogP contribution in [0.3, 0.4) is 0 Å². The van der Waals surface area contributed by atoms with E-state index in [4.69, 9.17) is 4.74 Å². The van der Waals surface area contributed by atoms with Gasteiger partial charge in [0.15, 0.2) is 5.96 Å². The number of nitrogens with zero attached hydrogens (tertiary/aromatic N) is 1. The van der Waals surface area contributed by atoms with Gasteiger partial charge in [-0.05, 0) is 45.8 Å². The van der Waals surface area contributed by atoms with Crippen LogP contribution >= 0.6 is 51.2 Å². The molecule has 2 N–H and O–H groups in total. The summed E-state index contributed by atoms with van der Waals surface area (Å²) >= 11 is 5.18. The molecule has 0 spiro atoms. The van der Waals surface area contributed by atoms with Gasteiger partial charge < -0.3 is 15.4 Å². The third-order valence-electron chi connectivity index (χ3n) is 2.88. The Hall–Kier alpha value is -0.800. The van der Waals surface area contributed by atoms with Crippen LogP contribution in [0.15, 0.2) is 45.2 Å². The molecule has 0 aliphatic rings. The highest BCUT2D eigenvalue weighted by atomic mass is 127. The molecule has 0 radical (unpaired) electrons. The molecule has 7 heteroatoms. The van der Waals surface area contributed by atoms with Crippen LogP contribution in [0, 0.1) is 0 Å². The van der Waals surface area contributed by atoms with E-state index in [1.165, 1.54) is 4.88 Å². The summed E-state index contributed by atoms with van der Waals surface area (Å²) < 4.78 is 6.36. The Balaban J connectivity index is 0.00000242. The van der Waals surface area contributed by atoms with Crippen molar-refractivity contribution in [1.82, 2.24) is 10.6 Å². The first-order valence-corrected chi connectivity index (χ1v) is 8.14. The van der Waals surface area contributed by atoms with E-state index in [0.717, 1.165) is 27.6 Å². The summed E-state index contributed by atoms with van der Waals surface area (Å²) in [7, 11) is 3.44. The molecule has 22 heavy (non-hydrogen) atoms. The lowest BCUT2D eigenvalue weighted by atomic mass is 10.2. The van der Waals surface area contributed by atoms with Crippen molar-refractivity contribution in [1.29, 1.82) is 0 Å². The van der Waals surface area contributed by atoms with E-state index in [0.29, 0.717) is 6.54 Å². The number of benzene rings is 1. The molecule has 0 bridgehead atoms. The monoisotopic (exact) mass is 495 g/mol. The number of hydrogen-bond donors (Lipinski definition) is 2. The molecule has 0 aliphatic carbocycles. The molecule has 1 heterocycles. The van der Waals surface area contributed by atoms with E-state index in [9.17, 15) is 0 Å². The molecule has 0 aliphatic heterocycles. The quantitative estimate of drug-likeness (QED) is 0.374.